The first kappa shape index (κ1) is 28.7. The van der Waals surface area contributed by atoms with Gasteiger partial charge in [0.05, 0.1) is 22.1 Å². The molecule has 0 spiro atoms. The molecule has 0 radical (unpaired) electrons. The van der Waals surface area contributed by atoms with Crippen molar-refractivity contribution in [2.24, 2.45) is 0 Å². The standard InChI is InChI=1S/C47H29N5/c1-4-16-30(17-5-1)45-48-46(31-18-6-2-7-19-31)50-47(49-45)52-40-29-28-39-41(37-26-14-15-27-38(37)51(39)32-20-8-3-9-21-32)43(40)42-35-24-12-10-22-33(35)34-23-11-13-25-36(34)44(42)52/h1-29H. The molecule has 5 nitrogen and oxygen atoms in total. The highest BCUT2D eigenvalue weighted by atomic mass is 15.2. The van der Waals surface area contributed by atoms with Crippen molar-refractivity contribution in [3.63, 3.8) is 0 Å². The van der Waals surface area contributed by atoms with Gasteiger partial charge in [-0.25, -0.2) is 4.98 Å². The molecule has 0 unspecified atom stereocenters. The van der Waals surface area contributed by atoms with Crippen LogP contribution in [0.1, 0.15) is 0 Å². The molecule has 3 heterocycles. The third-order valence-electron chi connectivity index (χ3n) is 10.3. The molecule has 3 aromatic heterocycles. The Morgan fingerprint density at radius 2 is 0.788 bits per heavy atom. The number of hydrogen-bond donors (Lipinski definition) is 0. The molecule has 0 aliphatic rings. The number of hydrogen-bond acceptors (Lipinski definition) is 3. The van der Waals surface area contributed by atoms with Crippen LogP contribution in [0.4, 0.5) is 0 Å². The Morgan fingerprint density at radius 3 is 1.42 bits per heavy atom. The van der Waals surface area contributed by atoms with Crippen molar-refractivity contribution >= 4 is 65.2 Å². The van der Waals surface area contributed by atoms with Crippen molar-refractivity contribution in [3.8, 4) is 34.4 Å². The zero-order chi connectivity index (χ0) is 34.2. The van der Waals surface area contributed by atoms with Gasteiger partial charge in [-0.05, 0) is 46.5 Å². The van der Waals surface area contributed by atoms with E-state index in [2.05, 4.69) is 149 Å². The van der Waals surface area contributed by atoms with Gasteiger partial charge in [-0.2, -0.15) is 9.97 Å². The maximum Gasteiger partial charge on any atom is 0.238 e. The summed E-state index contributed by atoms with van der Waals surface area (Å²) in [4.78, 5) is 15.6. The molecule has 8 aromatic carbocycles. The summed E-state index contributed by atoms with van der Waals surface area (Å²) in [6, 6.07) is 61.9. The fraction of sp³-hybridized carbons (Fsp3) is 0. The smallest absolute Gasteiger partial charge is 0.238 e. The molecule has 5 heteroatoms. The fourth-order valence-corrected chi connectivity index (χ4v) is 8.18. The first-order chi connectivity index (χ1) is 25.8. The van der Waals surface area contributed by atoms with Crippen LogP contribution in [0.25, 0.3) is 99.6 Å². The third kappa shape index (κ3) is 4.14. The summed E-state index contributed by atoms with van der Waals surface area (Å²) >= 11 is 0. The van der Waals surface area contributed by atoms with Gasteiger partial charge in [-0.3, -0.25) is 4.57 Å². The van der Waals surface area contributed by atoms with Crippen LogP contribution in [-0.2, 0) is 0 Å². The minimum atomic E-state index is 0.583. The van der Waals surface area contributed by atoms with Gasteiger partial charge in [0.25, 0.3) is 0 Å². The maximum absolute atomic E-state index is 5.29. The molecule has 0 saturated heterocycles. The molecule has 52 heavy (non-hydrogen) atoms. The second-order valence-corrected chi connectivity index (χ2v) is 13.2. The topological polar surface area (TPSA) is 48.5 Å². The highest BCUT2D eigenvalue weighted by molar-refractivity contribution is 6.38. The molecule has 0 saturated carbocycles. The van der Waals surface area contributed by atoms with E-state index < -0.39 is 0 Å². The molecule has 0 aliphatic carbocycles. The Bertz CT molecular complexity index is 3100. The molecule has 0 aliphatic heterocycles. The Balaban J connectivity index is 1.39. The minimum Gasteiger partial charge on any atom is -0.309 e. The number of nitrogens with zero attached hydrogens (tertiary/aromatic N) is 5. The van der Waals surface area contributed by atoms with E-state index in [9.17, 15) is 0 Å². The Morgan fingerprint density at radius 1 is 0.308 bits per heavy atom. The van der Waals surface area contributed by atoms with Crippen LogP contribution in [0, 0.1) is 0 Å². The lowest BCUT2D eigenvalue weighted by Crippen LogP contribution is -2.06. The van der Waals surface area contributed by atoms with Crippen molar-refractivity contribution in [1.29, 1.82) is 0 Å². The van der Waals surface area contributed by atoms with Crippen molar-refractivity contribution in [1.82, 2.24) is 24.1 Å². The summed E-state index contributed by atoms with van der Waals surface area (Å²) in [5, 5.41) is 9.55. The van der Waals surface area contributed by atoms with Gasteiger partial charge in [0.1, 0.15) is 0 Å². The SMILES string of the molecule is c1ccc(-c2nc(-c3ccccc3)nc(-n3c4ccc5c(c6ccccc6n5-c5ccccc5)c4c4c5ccccc5c5ccccc5c43)n2)cc1. The fourth-order valence-electron chi connectivity index (χ4n) is 8.18. The molecule has 242 valence electrons. The van der Waals surface area contributed by atoms with E-state index in [0.717, 1.165) is 38.8 Å². The predicted octanol–water partition coefficient (Wildman–Crippen LogP) is 11.7. The number of rotatable bonds is 4. The van der Waals surface area contributed by atoms with E-state index in [-0.39, 0.29) is 0 Å². The van der Waals surface area contributed by atoms with Gasteiger partial charge < -0.3 is 4.57 Å². The van der Waals surface area contributed by atoms with Crippen molar-refractivity contribution in [2.45, 2.75) is 0 Å². The average Bonchev–Trinajstić information content (AvgIpc) is 3.75. The molecular weight excluding hydrogens is 635 g/mol. The molecule has 0 bridgehead atoms. The Hall–Kier alpha value is -7.11. The van der Waals surface area contributed by atoms with Crippen LogP contribution in [0.3, 0.4) is 0 Å². The first-order valence-electron chi connectivity index (χ1n) is 17.6. The summed E-state index contributed by atoms with van der Waals surface area (Å²) < 4.78 is 4.68. The lowest BCUT2D eigenvalue weighted by Gasteiger charge is -2.13. The van der Waals surface area contributed by atoms with E-state index in [0.29, 0.717) is 17.6 Å². The Kier molecular flexibility index (Phi) is 6.18. The zero-order valence-electron chi connectivity index (χ0n) is 28.0. The van der Waals surface area contributed by atoms with E-state index in [1.54, 1.807) is 0 Å². The van der Waals surface area contributed by atoms with Gasteiger partial charge in [0.2, 0.25) is 5.95 Å². The lowest BCUT2D eigenvalue weighted by atomic mass is 9.95. The molecule has 0 fully saturated rings. The van der Waals surface area contributed by atoms with Crippen molar-refractivity contribution in [2.75, 3.05) is 0 Å². The highest BCUT2D eigenvalue weighted by Crippen LogP contribution is 2.47. The maximum atomic E-state index is 5.29. The molecule has 0 amide bonds. The van der Waals surface area contributed by atoms with Crippen LogP contribution in [0.2, 0.25) is 0 Å². The molecule has 11 aromatic rings. The minimum absolute atomic E-state index is 0.583. The average molecular weight is 664 g/mol. The third-order valence-corrected chi connectivity index (χ3v) is 10.3. The normalized spacial score (nSPS) is 11.8. The van der Waals surface area contributed by atoms with E-state index in [1.165, 1.54) is 43.2 Å². The van der Waals surface area contributed by atoms with Gasteiger partial charge in [0, 0.05) is 43.7 Å². The molecule has 11 rings (SSSR count). The largest absolute Gasteiger partial charge is 0.309 e. The second kappa shape index (κ2) is 11.2. The van der Waals surface area contributed by atoms with E-state index >= 15 is 0 Å². The van der Waals surface area contributed by atoms with Crippen LogP contribution in [0.15, 0.2) is 176 Å². The lowest BCUT2D eigenvalue weighted by molar-refractivity contribution is 0.955. The first-order valence-corrected chi connectivity index (χ1v) is 17.6. The van der Waals surface area contributed by atoms with Gasteiger partial charge in [-0.15, -0.1) is 0 Å². The molecule has 0 N–H and O–H groups in total. The van der Waals surface area contributed by atoms with Gasteiger partial charge >= 0.3 is 0 Å². The van der Waals surface area contributed by atoms with Gasteiger partial charge in [-0.1, -0.05) is 146 Å². The summed E-state index contributed by atoms with van der Waals surface area (Å²) in [7, 11) is 0. The van der Waals surface area contributed by atoms with Gasteiger partial charge in [0.15, 0.2) is 11.6 Å². The summed E-state index contributed by atoms with van der Waals surface area (Å²) in [5.74, 6) is 1.84. The number of para-hydroxylation sites is 2. The summed E-state index contributed by atoms with van der Waals surface area (Å²) in [5.41, 5.74) is 7.45. The summed E-state index contributed by atoms with van der Waals surface area (Å²) in [6.07, 6.45) is 0. The second-order valence-electron chi connectivity index (χ2n) is 13.2. The molecule has 0 atom stereocenters. The quantitative estimate of drug-likeness (QED) is 0.176. The van der Waals surface area contributed by atoms with Crippen LogP contribution in [0.5, 0.6) is 0 Å². The number of benzene rings is 8. The number of fused-ring (bicyclic) bond motifs is 12. The number of aromatic nitrogens is 5. The van der Waals surface area contributed by atoms with E-state index in [1.807, 2.05) is 36.4 Å². The zero-order valence-corrected chi connectivity index (χ0v) is 28.0. The van der Waals surface area contributed by atoms with Crippen LogP contribution >= 0.6 is 0 Å². The van der Waals surface area contributed by atoms with Crippen molar-refractivity contribution < 1.29 is 0 Å². The van der Waals surface area contributed by atoms with Crippen molar-refractivity contribution in [3.05, 3.63) is 176 Å². The monoisotopic (exact) mass is 663 g/mol. The van der Waals surface area contributed by atoms with Crippen LogP contribution < -0.4 is 0 Å². The predicted molar refractivity (Wildman–Crippen MR) is 214 cm³/mol. The highest BCUT2D eigenvalue weighted by Gasteiger charge is 2.25. The summed E-state index contributed by atoms with van der Waals surface area (Å²) in [6.45, 7) is 0. The molecular formula is C47H29N5. The Labute approximate surface area is 298 Å². The van der Waals surface area contributed by atoms with Crippen LogP contribution in [-0.4, -0.2) is 24.1 Å². The van der Waals surface area contributed by atoms with E-state index in [4.69, 9.17) is 15.0 Å².